The fourth-order valence-corrected chi connectivity index (χ4v) is 2.21. The molecule has 2 nitrogen and oxygen atoms in total. The lowest BCUT2D eigenvalue weighted by molar-refractivity contribution is -0.140. The van der Waals surface area contributed by atoms with Crippen LogP contribution in [0.15, 0.2) is 24.3 Å². The number of fused-ring (bicyclic) bond motifs is 1. The Labute approximate surface area is 115 Å². The highest BCUT2D eigenvalue weighted by atomic mass is 19.4. The normalized spacial score (nSPS) is 11.4. The summed E-state index contributed by atoms with van der Waals surface area (Å²) < 4.78 is 44.4. The van der Waals surface area contributed by atoms with Gasteiger partial charge < -0.3 is 9.30 Å². The summed E-state index contributed by atoms with van der Waals surface area (Å²) in [5.74, 6) is 5.38. The molecule has 5 heteroatoms. The maximum Gasteiger partial charge on any atom is 0.406 e. The zero-order valence-corrected chi connectivity index (χ0v) is 11.2. The van der Waals surface area contributed by atoms with Gasteiger partial charge in [0.05, 0.1) is 12.3 Å². The Morgan fingerprint density at radius 1 is 1.30 bits per heavy atom. The minimum absolute atomic E-state index is 0.354. The third-order valence-corrected chi connectivity index (χ3v) is 2.93. The fraction of sp³-hybridized carbons (Fsp3) is 0.333. The number of aromatic nitrogens is 1. The van der Waals surface area contributed by atoms with E-state index in [1.807, 2.05) is 6.07 Å². The van der Waals surface area contributed by atoms with Crippen molar-refractivity contribution in [3.05, 3.63) is 35.5 Å². The number of hydrogen-bond acceptors (Lipinski definition) is 1. The van der Waals surface area contributed by atoms with Crippen LogP contribution in [0.3, 0.4) is 0 Å². The number of ether oxygens (including phenoxy) is 1. The Balaban J connectivity index is 2.65. The van der Waals surface area contributed by atoms with E-state index in [9.17, 15) is 13.2 Å². The van der Waals surface area contributed by atoms with Crippen LogP contribution in [0.1, 0.15) is 18.2 Å². The number of methoxy groups -OCH3 is 1. The highest BCUT2D eigenvalue weighted by Gasteiger charge is 2.29. The number of hydrogen-bond donors (Lipinski definition) is 0. The van der Waals surface area contributed by atoms with Gasteiger partial charge in [-0.2, -0.15) is 13.2 Å². The molecule has 1 aromatic heterocycles. The molecule has 0 N–H and O–H groups in total. The molecule has 2 aromatic rings. The van der Waals surface area contributed by atoms with E-state index in [-0.39, 0.29) is 0 Å². The summed E-state index contributed by atoms with van der Waals surface area (Å²) in [6.07, 6.45) is -4.28. The van der Waals surface area contributed by atoms with Crippen molar-refractivity contribution in [2.45, 2.75) is 26.3 Å². The average molecular weight is 281 g/mol. The molecule has 0 aliphatic heterocycles. The zero-order chi connectivity index (χ0) is 14.8. The lowest BCUT2D eigenvalue weighted by Gasteiger charge is -2.11. The predicted octanol–water partition coefficient (Wildman–Crippen LogP) is 3.72. The van der Waals surface area contributed by atoms with Crippen molar-refractivity contribution in [3.8, 4) is 11.8 Å². The number of rotatable bonds is 3. The second-order valence-electron chi connectivity index (χ2n) is 4.39. The van der Waals surface area contributed by atoms with Gasteiger partial charge in [0.15, 0.2) is 0 Å². The van der Waals surface area contributed by atoms with Crippen molar-refractivity contribution in [2.75, 3.05) is 7.11 Å². The van der Waals surface area contributed by atoms with Gasteiger partial charge in [-0.3, -0.25) is 0 Å². The molecule has 0 saturated carbocycles. The highest BCUT2D eigenvalue weighted by Crippen LogP contribution is 2.27. The van der Waals surface area contributed by atoms with Gasteiger partial charge in [0.2, 0.25) is 0 Å². The van der Waals surface area contributed by atoms with Crippen LogP contribution in [0.5, 0.6) is 0 Å². The summed E-state index contributed by atoms with van der Waals surface area (Å²) in [6.45, 7) is 0.912. The molecular formula is C15H14F3NO. The monoisotopic (exact) mass is 281 g/mol. The van der Waals surface area contributed by atoms with Gasteiger partial charge in [0.1, 0.15) is 6.54 Å². The fourth-order valence-electron chi connectivity index (χ4n) is 2.21. The average Bonchev–Trinajstić information content (AvgIpc) is 2.68. The lowest BCUT2D eigenvalue weighted by Crippen LogP contribution is -2.18. The van der Waals surface area contributed by atoms with Gasteiger partial charge >= 0.3 is 6.18 Å². The van der Waals surface area contributed by atoms with Gasteiger partial charge in [-0.05, 0) is 30.5 Å². The predicted molar refractivity (Wildman–Crippen MR) is 71.3 cm³/mol. The van der Waals surface area contributed by atoms with E-state index >= 15 is 0 Å². The third-order valence-electron chi connectivity index (χ3n) is 2.93. The quantitative estimate of drug-likeness (QED) is 0.782. The van der Waals surface area contributed by atoms with Crippen LogP contribution in [0.4, 0.5) is 13.2 Å². The van der Waals surface area contributed by atoms with Gasteiger partial charge in [0.25, 0.3) is 0 Å². The van der Waals surface area contributed by atoms with Crippen LogP contribution in [-0.4, -0.2) is 17.9 Å². The molecule has 0 amide bonds. The zero-order valence-electron chi connectivity index (χ0n) is 11.2. The third kappa shape index (κ3) is 2.97. The summed E-state index contributed by atoms with van der Waals surface area (Å²) >= 11 is 0. The number of halogens is 3. The molecule has 0 radical (unpaired) electrons. The number of nitrogens with zero attached hydrogens (tertiary/aromatic N) is 1. The topological polar surface area (TPSA) is 14.2 Å². The van der Waals surface area contributed by atoms with E-state index in [0.717, 1.165) is 10.9 Å². The highest BCUT2D eigenvalue weighted by molar-refractivity contribution is 5.85. The molecule has 0 spiro atoms. The maximum absolute atomic E-state index is 12.7. The summed E-state index contributed by atoms with van der Waals surface area (Å²) in [5, 5.41) is 0.747. The second-order valence-corrected chi connectivity index (χ2v) is 4.39. The van der Waals surface area contributed by atoms with Gasteiger partial charge in [-0.25, -0.2) is 0 Å². The van der Waals surface area contributed by atoms with E-state index in [4.69, 9.17) is 4.74 Å². The molecular weight excluding hydrogens is 267 g/mol. The second kappa shape index (κ2) is 5.59. The minimum Gasteiger partial charge on any atom is -0.380 e. The molecule has 1 heterocycles. The molecule has 106 valence electrons. The maximum atomic E-state index is 12.7. The van der Waals surface area contributed by atoms with Crippen molar-refractivity contribution in [3.63, 3.8) is 0 Å². The van der Waals surface area contributed by atoms with Crippen LogP contribution in [0, 0.1) is 11.8 Å². The molecule has 0 atom stereocenters. The number of alkyl halides is 3. The first kappa shape index (κ1) is 14.5. The van der Waals surface area contributed by atoms with Gasteiger partial charge in [-0.1, -0.05) is 18.1 Å². The van der Waals surface area contributed by atoms with E-state index in [1.165, 1.54) is 4.57 Å². The van der Waals surface area contributed by atoms with Gasteiger partial charge in [-0.15, -0.1) is 0 Å². The first-order valence-corrected chi connectivity index (χ1v) is 6.06. The summed E-state index contributed by atoms with van der Waals surface area (Å²) in [7, 11) is 1.55. The first-order chi connectivity index (χ1) is 9.46. The van der Waals surface area contributed by atoms with Gasteiger partial charge in [0, 0.05) is 18.0 Å². The smallest absolute Gasteiger partial charge is 0.380 e. The SMILES string of the molecule is CC#Cc1cc2c(COC)cccc2n1CC(F)(F)F. The Kier molecular flexibility index (Phi) is 4.05. The van der Waals surface area contributed by atoms with Crippen LogP contribution in [-0.2, 0) is 17.9 Å². The van der Waals surface area contributed by atoms with Crippen LogP contribution >= 0.6 is 0 Å². The molecule has 0 aliphatic carbocycles. The molecule has 1 aromatic carbocycles. The van der Waals surface area contributed by atoms with E-state index in [2.05, 4.69) is 11.8 Å². The standard InChI is InChI=1S/C15H14F3NO/c1-3-5-12-8-13-11(9-20-2)6-4-7-14(13)19(12)10-15(16,17)18/h4,6-8H,9-10H2,1-2H3. The molecule has 0 aliphatic rings. The van der Waals surface area contributed by atoms with E-state index < -0.39 is 12.7 Å². The molecule has 20 heavy (non-hydrogen) atoms. The lowest BCUT2D eigenvalue weighted by atomic mass is 10.1. The van der Waals surface area contributed by atoms with Crippen molar-refractivity contribution >= 4 is 10.9 Å². The van der Waals surface area contributed by atoms with Crippen LogP contribution in [0.25, 0.3) is 10.9 Å². The molecule has 0 bridgehead atoms. The molecule has 2 rings (SSSR count). The Morgan fingerprint density at radius 3 is 2.65 bits per heavy atom. The Morgan fingerprint density at radius 2 is 2.05 bits per heavy atom. The van der Waals surface area contributed by atoms with E-state index in [0.29, 0.717) is 17.8 Å². The van der Waals surface area contributed by atoms with Crippen molar-refractivity contribution in [2.24, 2.45) is 0 Å². The summed E-state index contributed by atoms with van der Waals surface area (Å²) in [4.78, 5) is 0. The first-order valence-electron chi connectivity index (χ1n) is 6.06. The molecule has 0 fully saturated rings. The van der Waals surface area contributed by atoms with Crippen molar-refractivity contribution in [1.29, 1.82) is 0 Å². The van der Waals surface area contributed by atoms with Crippen molar-refractivity contribution < 1.29 is 17.9 Å². The van der Waals surface area contributed by atoms with Crippen LogP contribution < -0.4 is 0 Å². The summed E-state index contributed by atoms with van der Waals surface area (Å²) in [5.41, 5.74) is 1.74. The molecule has 0 saturated heterocycles. The molecule has 0 unspecified atom stereocenters. The Bertz CT molecular complexity index is 674. The van der Waals surface area contributed by atoms with Crippen LogP contribution in [0.2, 0.25) is 0 Å². The van der Waals surface area contributed by atoms with E-state index in [1.54, 1.807) is 32.2 Å². The summed E-state index contributed by atoms with van der Waals surface area (Å²) in [6, 6.07) is 6.92. The minimum atomic E-state index is -4.28. The largest absolute Gasteiger partial charge is 0.406 e. The van der Waals surface area contributed by atoms with Crippen molar-refractivity contribution in [1.82, 2.24) is 4.57 Å². The number of benzene rings is 1. The Hall–Kier alpha value is -1.93.